The number of carbonyl (C=O) groups excluding carboxylic acids is 2. The summed E-state index contributed by atoms with van der Waals surface area (Å²) in [6.45, 7) is 3.58. The summed E-state index contributed by atoms with van der Waals surface area (Å²) >= 11 is 0. The number of ketones is 1. The first-order valence-electron chi connectivity index (χ1n) is 4.13. The molecule has 0 amide bonds. The van der Waals surface area contributed by atoms with Crippen LogP contribution in [0.15, 0.2) is 24.3 Å². The maximum Gasteiger partial charge on any atom is 0.134 e. The number of methoxy groups -OCH3 is 1. The molecule has 0 fully saturated rings. The van der Waals surface area contributed by atoms with Crippen LogP contribution in [0.25, 0.3) is 0 Å². The topological polar surface area (TPSA) is 43.4 Å². The summed E-state index contributed by atoms with van der Waals surface area (Å²) < 4.78 is 5.03. The SMILES string of the molecule is C=O.COc1cccc(CC(C)=O)c1. The zero-order valence-corrected chi connectivity index (χ0v) is 8.45. The number of rotatable bonds is 3. The first-order valence-corrected chi connectivity index (χ1v) is 4.13. The quantitative estimate of drug-likeness (QED) is 0.734. The maximum atomic E-state index is 10.8. The Labute approximate surface area is 83.7 Å². The Morgan fingerprint density at radius 2 is 2.07 bits per heavy atom. The number of hydrogen-bond acceptors (Lipinski definition) is 3. The summed E-state index contributed by atoms with van der Waals surface area (Å²) in [4.78, 5) is 18.8. The second kappa shape index (κ2) is 6.83. The molecular formula is C11H14O3. The lowest BCUT2D eigenvalue weighted by Crippen LogP contribution is -1.96. The fourth-order valence-corrected chi connectivity index (χ4v) is 1.07. The minimum absolute atomic E-state index is 0.170. The Morgan fingerprint density at radius 3 is 2.57 bits per heavy atom. The van der Waals surface area contributed by atoms with Crippen molar-refractivity contribution in [3.8, 4) is 5.75 Å². The smallest absolute Gasteiger partial charge is 0.134 e. The van der Waals surface area contributed by atoms with Crippen molar-refractivity contribution >= 4 is 12.6 Å². The summed E-state index contributed by atoms with van der Waals surface area (Å²) in [5.74, 6) is 0.969. The van der Waals surface area contributed by atoms with E-state index < -0.39 is 0 Å². The number of Topliss-reactive ketones (excluding diaryl/α,β-unsaturated/α-hetero) is 1. The molecule has 3 nitrogen and oxygen atoms in total. The van der Waals surface area contributed by atoms with Crippen molar-refractivity contribution in [2.24, 2.45) is 0 Å². The van der Waals surface area contributed by atoms with Crippen LogP contribution in [0, 0.1) is 0 Å². The van der Waals surface area contributed by atoms with E-state index in [1.54, 1.807) is 14.0 Å². The standard InChI is InChI=1S/C10H12O2.CH2O/c1-8(11)6-9-4-3-5-10(7-9)12-2;1-2/h3-5,7H,6H2,1-2H3;1H2. The van der Waals surface area contributed by atoms with Gasteiger partial charge in [0.15, 0.2) is 0 Å². The summed E-state index contributed by atoms with van der Waals surface area (Å²) in [6.07, 6.45) is 0.483. The molecule has 0 saturated heterocycles. The van der Waals surface area contributed by atoms with Crippen molar-refractivity contribution in [1.82, 2.24) is 0 Å². The molecule has 0 aromatic heterocycles. The molecule has 0 aliphatic rings. The first-order chi connectivity index (χ1) is 6.72. The molecule has 1 aromatic rings. The van der Waals surface area contributed by atoms with Gasteiger partial charge in [-0.05, 0) is 24.6 Å². The van der Waals surface area contributed by atoms with Crippen molar-refractivity contribution < 1.29 is 14.3 Å². The zero-order chi connectivity index (χ0) is 11.0. The van der Waals surface area contributed by atoms with Gasteiger partial charge in [0.1, 0.15) is 18.3 Å². The van der Waals surface area contributed by atoms with Gasteiger partial charge in [-0.2, -0.15) is 0 Å². The summed E-state index contributed by atoms with van der Waals surface area (Å²) in [5.41, 5.74) is 1.00. The number of hydrogen-bond donors (Lipinski definition) is 0. The van der Waals surface area contributed by atoms with Gasteiger partial charge in [-0.1, -0.05) is 12.1 Å². The lowest BCUT2D eigenvalue weighted by molar-refractivity contribution is -0.116. The lowest BCUT2D eigenvalue weighted by Gasteiger charge is -2.01. The molecule has 0 atom stereocenters. The number of benzene rings is 1. The van der Waals surface area contributed by atoms with Crippen LogP contribution in [0.3, 0.4) is 0 Å². The highest BCUT2D eigenvalue weighted by atomic mass is 16.5. The van der Waals surface area contributed by atoms with Crippen molar-refractivity contribution in [3.05, 3.63) is 29.8 Å². The maximum absolute atomic E-state index is 10.8. The molecule has 0 radical (unpaired) electrons. The Kier molecular flexibility index (Phi) is 6.03. The minimum atomic E-state index is 0.170. The monoisotopic (exact) mass is 194 g/mol. The van der Waals surface area contributed by atoms with E-state index in [9.17, 15) is 4.79 Å². The normalized spacial score (nSPS) is 8.43. The Bertz CT molecular complexity index is 294. The molecule has 76 valence electrons. The summed E-state index contributed by atoms with van der Waals surface area (Å²) in [7, 11) is 1.62. The van der Waals surface area contributed by atoms with E-state index in [2.05, 4.69) is 0 Å². The lowest BCUT2D eigenvalue weighted by atomic mass is 10.1. The van der Waals surface area contributed by atoms with E-state index >= 15 is 0 Å². The van der Waals surface area contributed by atoms with Gasteiger partial charge in [-0.3, -0.25) is 4.79 Å². The van der Waals surface area contributed by atoms with E-state index in [1.165, 1.54) is 0 Å². The van der Waals surface area contributed by atoms with Crippen molar-refractivity contribution in [1.29, 1.82) is 0 Å². The van der Waals surface area contributed by atoms with Gasteiger partial charge in [0, 0.05) is 6.42 Å². The molecular weight excluding hydrogens is 180 g/mol. The molecule has 14 heavy (non-hydrogen) atoms. The van der Waals surface area contributed by atoms with Gasteiger partial charge < -0.3 is 9.53 Å². The highest BCUT2D eigenvalue weighted by Crippen LogP contribution is 2.12. The highest BCUT2D eigenvalue weighted by Gasteiger charge is 1.98. The van der Waals surface area contributed by atoms with Gasteiger partial charge in [0.2, 0.25) is 0 Å². The minimum Gasteiger partial charge on any atom is -0.497 e. The van der Waals surface area contributed by atoms with Crippen LogP contribution in [-0.4, -0.2) is 19.7 Å². The van der Waals surface area contributed by atoms with Gasteiger partial charge >= 0.3 is 0 Å². The van der Waals surface area contributed by atoms with E-state index in [1.807, 2.05) is 31.1 Å². The molecule has 1 aromatic carbocycles. The average molecular weight is 194 g/mol. The van der Waals surface area contributed by atoms with E-state index in [-0.39, 0.29) is 5.78 Å². The van der Waals surface area contributed by atoms with Crippen molar-refractivity contribution in [2.75, 3.05) is 7.11 Å². The number of carbonyl (C=O) groups is 2. The van der Waals surface area contributed by atoms with E-state index in [4.69, 9.17) is 9.53 Å². The van der Waals surface area contributed by atoms with Crippen molar-refractivity contribution in [2.45, 2.75) is 13.3 Å². The van der Waals surface area contributed by atoms with Crippen LogP contribution in [0.4, 0.5) is 0 Å². The molecule has 0 heterocycles. The molecule has 0 N–H and O–H groups in total. The van der Waals surface area contributed by atoms with E-state index in [0.717, 1.165) is 11.3 Å². The van der Waals surface area contributed by atoms with Crippen LogP contribution < -0.4 is 4.74 Å². The van der Waals surface area contributed by atoms with E-state index in [0.29, 0.717) is 6.42 Å². The molecule has 0 spiro atoms. The molecule has 1 rings (SSSR count). The van der Waals surface area contributed by atoms with Gasteiger partial charge in [0.25, 0.3) is 0 Å². The van der Waals surface area contributed by atoms with Crippen LogP contribution in [0.5, 0.6) is 5.75 Å². The van der Waals surface area contributed by atoms with Crippen LogP contribution in [0.1, 0.15) is 12.5 Å². The van der Waals surface area contributed by atoms with Crippen LogP contribution in [-0.2, 0) is 16.0 Å². The molecule has 3 heteroatoms. The number of ether oxygens (including phenoxy) is 1. The second-order valence-electron chi connectivity index (χ2n) is 2.73. The van der Waals surface area contributed by atoms with Gasteiger partial charge in [-0.15, -0.1) is 0 Å². The van der Waals surface area contributed by atoms with Crippen LogP contribution in [0.2, 0.25) is 0 Å². The molecule has 0 bridgehead atoms. The Hall–Kier alpha value is -1.64. The summed E-state index contributed by atoms with van der Waals surface area (Å²) in [5, 5.41) is 0. The third kappa shape index (κ3) is 4.40. The van der Waals surface area contributed by atoms with Crippen LogP contribution >= 0.6 is 0 Å². The third-order valence-electron chi connectivity index (χ3n) is 1.59. The predicted octanol–water partition coefficient (Wildman–Crippen LogP) is 1.64. The molecule has 0 unspecified atom stereocenters. The zero-order valence-electron chi connectivity index (χ0n) is 8.45. The molecule has 0 saturated carbocycles. The molecule has 0 aliphatic heterocycles. The third-order valence-corrected chi connectivity index (χ3v) is 1.59. The largest absolute Gasteiger partial charge is 0.497 e. The van der Waals surface area contributed by atoms with Gasteiger partial charge in [0.05, 0.1) is 7.11 Å². The summed E-state index contributed by atoms with van der Waals surface area (Å²) in [6, 6.07) is 7.55. The molecule has 0 aliphatic carbocycles. The fourth-order valence-electron chi connectivity index (χ4n) is 1.07. The first kappa shape index (κ1) is 12.4. The fraction of sp³-hybridized carbons (Fsp3) is 0.273. The average Bonchev–Trinajstić information content (AvgIpc) is 2.20. The Morgan fingerprint density at radius 1 is 1.43 bits per heavy atom. The Balaban J connectivity index is 0.000000791. The highest BCUT2D eigenvalue weighted by molar-refractivity contribution is 5.78. The van der Waals surface area contributed by atoms with Gasteiger partial charge in [-0.25, -0.2) is 0 Å². The van der Waals surface area contributed by atoms with Crippen molar-refractivity contribution in [3.63, 3.8) is 0 Å². The predicted molar refractivity (Wildman–Crippen MR) is 54.5 cm³/mol. The second-order valence-corrected chi connectivity index (χ2v) is 2.73.